The van der Waals surface area contributed by atoms with E-state index in [0.29, 0.717) is 6.42 Å². The van der Waals surface area contributed by atoms with E-state index < -0.39 is 15.8 Å². The standard InChI is InChI=1S/C7H14F2N2O2S/c8-7(9)14(12,13)11-5-3-6-2-1-4-10-6/h6-7,10-11H,1-5H2/t6-/m0/s1. The number of hydrogen-bond donors (Lipinski definition) is 2. The molecule has 1 aliphatic rings. The lowest BCUT2D eigenvalue weighted by molar-refractivity contribution is 0.232. The van der Waals surface area contributed by atoms with Crippen LogP contribution in [0.3, 0.4) is 0 Å². The van der Waals surface area contributed by atoms with Crippen molar-refractivity contribution >= 4 is 10.0 Å². The smallest absolute Gasteiger partial charge is 0.314 e. The van der Waals surface area contributed by atoms with Gasteiger partial charge < -0.3 is 5.32 Å². The summed E-state index contributed by atoms with van der Waals surface area (Å²) in [6.45, 7) is 0.997. The van der Waals surface area contributed by atoms with E-state index >= 15 is 0 Å². The lowest BCUT2D eigenvalue weighted by Crippen LogP contribution is -2.33. The fourth-order valence-corrected chi connectivity index (χ4v) is 1.97. The molecule has 0 aromatic carbocycles. The lowest BCUT2D eigenvalue weighted by Gasteiger charge is -2.10. The average molecular weight is 228 g/mol. The van der Waals surface area contributed by atoms with Crippen molar-refractivity contribution in [1.29, 1.82) is 0 Å². The van der Waals surface area contributed by atoms with E-state index in [1.54, 1.807) is 0 Å². The van der Waals surface area contributed by atoms with Gasteiger partial charge in [-0.1, -0.05) is 0 Å². The third kappa shape index (κ3) is 3.47. The molecule has 0 aromatic rings. The van der Waals surface area contributed by atoms with E-state index in [-0.39, 0.29) is 12.6 Å². The van der Waals surface area contributed by atoms with Crippen molar-refractivity contribution in [3.05, 3.63) is 0 Å². The first-order chi connectivity index (χ1) is 6.52. The second kappa shape index (κ2) is 4.99. The van der Waals surface area contributed by atoms with Crippen LogP contribution in [0.5, 0.6) is 0 Å². The second-order valence-electron chi connectivity index (χ2n) is 3.28. The molecule has 4 nitrogen and oxygen atoms in total. The third-order valence-corrected chi connectivity index (χ3v) is 3.27. The summed E-state index contributed by atoms with van der Waals surface area (Å²) in [4.78, 5) is 0. The molecule has 2 N–H and O–H groups in total. The van der Waals surface area contributed by atoms with Gasteiger partial charge in [-0.3, -0.25) is 0 Å². The molecule has 1 aliphatic heterocycles. The van der Waals surface area contributed by atoms with E-state index in [1.807, 2.05) is 4.72 Å². The average Bonchev–Trinajstić information content (AvgIpc) is 2.56. The molecule has 1 saturated heterocycles. The highest BCUT2D eigenvalue weighted by Gasteiger charge is 2.23. The first kappa shape index (κ1) is 11.8. The number of nitrogens with one attached hydrogen (secondary N) is 2. The molecular weight excluding hydrogens is 214 g/mol. The van der Waals surface area contributed by atoms with Crippen LogP contribution in [0.4, 0.5) is 8.78 Å². The molecule has 1 heterocycles. The van der Waals surface area contributed by atoms with E-state index in [1.165, 1.54) is 0 Å². The van der Waals surface area contributed by atoms with Gasteiger partial charge in [0.05, 0.1) is 0 Å². The highest BCUT2D eigenvalue weighted by atomic mass is 32.2. The summed E-state index contributed by atoms with van der Waals surface area (Å²) >= 11 is 0. The van der Waals surface area contributed by atoms with Crippen LogP contribution >= 0.6 is 0 Å². The lowest BCUT2D eigenvalue weighted by atomic mass is 10.2. The summed E-state index contributed by atoms with van der Waals surface area (Å²) in [7, 11) is -4.40. The Kier molecular flexibility index (Phi) is 4.21. The van der Waals surface area contributed by atoms with Crippen molar-refractivity contribution in [2.45, 2.75) is 31.1 Å². The Labute approximate surface area is 82.1 Å². The highest BCUT2D eigenvalue weighted by Crippen LogP contribution is 2.08. The van der Waals surface area contributed by atoms with E-state index in [0.717, 1.165) is 19.4 Å². The van der Waals surface area contributed by atoms with E-state index in [4.69, 9.17) is 0 Å². The molecule has 84 valence electrons. The molecular formula is C7H14F2N2O2S. The van der Waals surface area contributed by atoms with Gasteiger partial charge in [0.25, 0.3) is 10.0 Å². The minimum atomic E-state index is -4.40. The van der Waals surface area contributed by atoms with Gasteiger partial charge in [0.2, 0.25) is 0 Å². The summed E-state index contributed by atoms with van der Waals surface area (Å²) in [5.74, 6) is -3.33. The Hall–Kier alpha value is -0.270. The maximum Gasteiger partial charge on any atom is 0.350 e. The predicted molar refractivity (Wildman–Crippen MR) is 48.6 cm³/mol. The van der Waals surface area contributed by atoms with Crippen LogP contribution in [0.15, 0.2) is 0 Å². The molecule has 0 spiro atoms. The maximum absolute atomic E-state index is 11.8. The molecule has 0 radical (unpaired) electrons. The Morgan fingerprint density at radius 3 is 2.71 bits per heavy atom. The largest absolute Gasteiger partial charge is 0.350 e. The summed E-state index contributed by atoms with van der Waals surface area (Å²) in [5.41, 5.74) is 0. The van der Waals surface area contributed by atoms with Crippen molar-refractivity contribution in [3.63, 3.8) is 0 Å². The highest BCUT2D eigenvalue weighted by molar-refractivity contribution is 7.89. The van der Waals surface area contributed by atoms with Crippen molar-refractivity contribution in [1.82, 2.24) is 10.0 Å². The predicted octanol–water partition coefficient (Wildman–Crippen LogP) is 0.270. The van der Waals surface area contributed by atoms with E-state index in [2.05, 4.69) is 5.32 Å². The Morgan fingerprint density at radius 2 is 2.21 bits per heavy atom. The van der Waals surface area contributed by atoms with Crippen molar-refractivity contribution in [2.24, 2.45) is 0 Å². The van der Waals surface area contributed by atoms with Gasteiger partial charge in [-0.2, -0.15) is 8.78 Å². The number of sulfonamides is 1. The zero-order valence-electron chi connectivity index (χ0n) is 7.67. The SMILES string of the molecule is O=S(=O)(NCC[C@@H]1CCCN1)C(F)F. The third-order valence-electron chi connectivity index (χ3n) is 2.19. The second-order valence-corrected chi connectivity index (χ2v) is 5.02. The molecule has 1 rings (SSSR count). The van der Waals surface area contributed by atoms with Gasteiger partial charge in [0.1, 0.15) is 0 Å². The van der Waals surface area contributed by atoms with Crippen LogP contribution < -0.4 is 10.0 Å². The zero-order chi connectivity index (χ0) is 10.6. The van der Waals surface area contributed by atoms with Crippen molar-refractivity contribution in [3.8, 4) is 0 Å². The van der Waals surface area contributed by atoms with Gasteiger partial charge in [-0.25, -0.2) is 13.1 Å². The van der Waals surface area contributed by atoms with Crippen molar-refractivity contribution in [2.75, 3.05) is 13.1 Å². The van der Waals surface area contributed by atoms with Crippen molar-refractivity contribution < 1.29 is 17.2 Å². The molecule has 1 fully saturated rings. The van der Waals surface area contributed by atoms with Gasteiger partial charge in [0, 0.05) is 12.6 Å². The first-order valence-corrected chi connectivity index (χ1v) is 6.07. The van der Waals surface area contributed by atoms with Crippen LogP contribution in [-0.4, -0.2) is 33.3 Å². The van der Waals surface area contributed by atoms with Crippen LogP contribution in [0.25, 0.3) is 0 Å². The van der Waals surface area contributed by atoms with Gasteiger partial charge in [-0.05, 0) is 25.8 Å². The minimum Gasteiger partial charge on any atom is -0.314 e. The number of alkyl halides is 2. The molecule has 0 saturated carbocycles. The molecule has 7 heteroatoms. The van der Waals surface area contributed by atoms with Gasteiger partial charge in [0.15, 0.2) is 0 Å². The normalized spacial score (nSPS) is 23.2. The summed E-state index contributed by atoms with van der Waals surface area (Å²) in [5, 5.41) is 3.15. The summed E-state index contributed by atoms with van der Waals surface area (Å²) in [6, 6.07) is 0.260. The van der Waals surface area contributed by atoms with Gasteiger partial charge >= 0.3 is 5.76 Å². The fourth-order valence-electron chi connectivity index (χ4n) is 1.44. The number of halogens is 2. The van der Waals surface area contributed by atoms with Crippen LogP contribution in [0, 0.1) is 0 Å². The van der Waals surface area contributed by atoms with Crippen LogP contribution in [-0.2, 0) is 10.0 Å². The zero-order valence-corrected chi connectivity index (χ0v) is 8.49. The molecule has 1 atom stereocenters. The fraction of sp³-hybridized carbons (Fsp3) is 1.00. The Balaban J connectivity index is 2.20. The number of rotatable bonds is 5. The topological polar surface area (TPSA) is 58.2 Å². The number of hydrogen-bond acceptors (Lipinski definition) is 3. The molecule has 0 aliphatic carbocycles. The first-order valence-electron chi connectivity index (χ1n) is 4.52. The monoisotopic (exact) mass is 228 g/mol. The maximum atomic E-state index is 11.8. The van der Waals surface area contributed by atoms with E-state index in [9.17, 15) is 17.2 Å². The summed E-state index contributed by atoms with van der Waals surface area (Å²) < 4.78 is 46.8. The molecule has 0 bridgehead atoms. The quantitative estimate of drug-likeness (QED) is 0.710. The summed E-state index contributed by atoms with van der Waals surface area (Å²) in [6.07, 6.45) is 2.61. The van der Waals surface area contributed by atoms with Crippen LogP contribution in [0.2, 0.25) is 0 Å². The van der Waals surface area contributed by atoms with Gasteiger partial charge in [-0.15, -0.1) is 0 Å². The molecule has 0 amide bonds. The molecule has 14 heavy (non-hydrogen) atoms. The Bertz CT molecular complexity index is 263. The van der Waals surface area contributed by atoms with Crippen LogP contribution in [0.1, 0.15) is 19.3 Å². The Morgan fingerprint density at radius 1 is 1.50 bits per heavy atom. The molecule has 0 unspecified atom stereocenters. The minimum absolute atomic E-state index is 0.0737. The molecule has 0 aromatic heterocycles.